The number of carbonyl (C=O) groups excluding carboxylic acids is 1. The third-order valence-corrected chi connectivity index (χ3v) is 10.4. The van der Waals surface area contributed by atoms with Gasteiger partial charge in [0.1, 0.15) is 0 Å². The Morgan fingerprint density at radius 3 is 2.64 bits per heavy atom. The first-order chi connectivity index (χ1) is 15.8. The van der Waals surface area contributed by atoms with Crippen molar-refractivity contribution in [2.45, 2.75) is 81.6 Å². The second kappa shape index (κ2) is 9.11. The molecular weight excluding hydrogens is 460 g/mol. The molecule has 3 aliphatic rings. The predicted octanol–water partition coefficient (Wildman–Crippen LogP) is 4.18. The Bertz CT molecular complexity index is 1120. The lowest BCUT2D eigenvalue weighted by Gasteiger charge is -2.37. The molecule has 2 saturated carbocycles. The average Bonchev–Trinajstić information content (AvgIpc) is 3.43. The van der Waals surface area contributed by atoms with Gasteiger partial charge in [0.05, 0.1) is 15.7 Å². The molecule has 3 heterocycles. The molecule has 0 aromatic carbocycles. The normalized spacial score (nSPS) is 23.0. The van der Waals surface area contributed by atoms with Crippen LogP contribution in [0.4, 0.5) is 0 Å². The van der Waals surface area contributed by atoms with Crippen molar-refractivity contribution in [1.29, 1.82) is 0 Å². The van der Waals surface area contributed by atoms with Gasteiger partial charge >= 0.3 is 0 Å². The van der Waals surface area contributed by atoms with Crippen LogP contribution in [0.5, 0.6) is 0 Å². The molecule has 1 atom stereocenters. The summed E-state index contributed by atoms with van der Waals surface area (Å²) < 4.78 is 34.0. The lowest BCUT2D eigenvalue weighted by molar-refractivity contribution is -0.138. The quantitative estimate of drug-likeness (QED) is 0.600. The Hall–Kier alpha value is -1.78. The largest absolute Gasteiger partial charge is 0.342 e. The fraction of sp³-hybridized carbons (Fsp3) is 0.696. The Kier molecular flexibility index (Phi) is 6.35. The number of amides is 1. The molecular formula is C23H32N4O4S2. The molecule has 5 rings (SSSR count). The molecule has 2 aromatic rings. The van der Waals surface area contributed by atoms with E-state index in [0.717, 1.165) is 44.9 Å². The second-order valence-electron chi connectivity index (χ2n) is 9.70. The number of piperidine rings is 1. The smallest absolute Gasteiger partial charge is 0.244 e. The first-order valence-electron chi connectivity index (χ1n) is 12.1. The lowest BCUT2D eigenvalue weighted by Crippen LogP contribution is -2.48. The molecule has 10 heteroatoms. The van der Waals surface area contributed by atoms with E-state index in [1.54, 1.807) is 6.07 Å². The van der Waals surface area contributed by atoms with E-state index >= 15 is 0 Å². The van der Waals surface area contributed by atoms with E-state index in [4.69, 9.17) is 4.52 Å². The summed E-state index contributed by atoms with van der Waals surface area (Å²) in [5.41, 5.74) is 0. The maximum absolute atomic E-state index is 13.6. The number of hydrogen-bond donors (Lipinski definition) is 0. The van der Waals surface area contributed by atoms with Gasteiger partial charge in [-0.1, -0.05) is 24.4 Å². The maximum atomic E-state index is 13.6. The van der Waals surface area contributed by atoms with Gasteiger partial charge in [0, 0.05) is 37.0 Å². The summed E-state index contributed by atoms with van der Waals surface area (Å²) in [6, 6.07) is 1.95. The van der Waals surface area contributed by atoms with Gasteiger partial charge in [-0.3, -0.25) is 4.79 Å². The van der Waals surface area contributed by atoms with Crippen molar-refractivity contribution in [3.63, 3.8) is 0 Å². The van der Waals surface area contributed by atoms with Crippen LogP contribution in [-0.4, -0.2) is 59.8 Å². The minimum Gasteiger partial charge on any atom is -0.342 e. The van der Waals surface area contributed by atoms with Crippen LogP contribution in [0.15, 0.2) is 15.5 Å². The van der Waals surface area contributed by atoms with E-state index in [1.807, 2.05) is 18.9 Å². The van der Waals surface area contributed by atoms with E-state index in [2.05, 4.69) is 10.1 Å². The van der Waals surface area contributed by atoms with Crippen molar-refractivity contribution < 1.29 is 17.7 Å². The third-order valence-electron chi connectivity index (χ3n) is 7.28. The van der Waals surface area contributed by atoms with Crippen LogP contribution in [0.25, 0.3) is 10.7 Å². The van der Waals surface area contributed by atoms with Crippen LogP contribution < -0.4 is 0 Å². The highest BCUT2D eigenvalue weighted by atomic mass is 32.2. The molecule has 3 fully saturated rings. The zero-order valence-electron chi connectivity index (χ0n) is 19.3. The molecule has 1 aliphatic heterocycles. The van der Waals surface area contributed by atoms with Gasteiger partial charge in [0.25, 0.3) is 0 Å². The SMILES string of the molecule is Cc1sc(-c2noc(C3CC3)n2)cc1S(=O)(=O)N1CCC[C@H](C(=O)N(C)C2CCCCC2)C1. The van der Waals surface area contributed by atoms with Crippen molar-refractivity contribution in [3.05, 3.63) is 16.8 Å². The van der Waals surface area contributed by atoms with Crippen LogP contribution in [0, 0.1) is 12.8 Å². The van der Waals surface area contributed by atoms with Crippen LogP contribution in [-0.2, 0) is 14.8 Å². The highest BCUT2D eigenvalue weighted by molar-refractivity contribution is 7.89. The number of hydrogen-bond acceptors (Lipinski definition) is 7. The van der Waals surface area contributed by atoms with Crippen LogP contribution in [0.1, 0.15) is 74.5 Å². The van der Waals surface area contributed by atoms with Gasteiger partial charge in [0.15, 0.2) is 0 Å². The number of aryl methyl sites for hydroxylation is 1. The topological polar surface area (TPSA) is 96.6 Å². The summed E-state index contributed by atoms with van der Waals surface area (Å²) in [5.74, 6) is 1.25. The van der Waals surface area contributed by atoms with E-state index in [1.165, 1.54) is 22.1 Å². The zero-order valence-corrected chi connectivity index (χ0v) is 21.0. The summed E-state index contributed by atoms with van der Waals surface area (Å²) >= 11 is 1.37. The Morgan fingerprint density at radius 2 is 1.91 bits per heavy atom. The second-order valence-corrected chi connectivity index (χ2v) is 12.9. The third kappa shape index (κ3) is 4.61. The molecule has 1 amide bonds. The number of thiophene rings is 1. The van der Waals surface area contributed by atoms with Crippen LogP contribution >= 0.6 is 11.3 Å². The summed E-state index contributed by atoms with van der Waals surface area (Å²) in [7, 11) is -1.82. The molecule has 0 radical (unpaired) electrons. The van der Waals surface area contributed by atoms with Crippen molar-refractivity contribution in [2.24, 2.45) is 5.92 Å². The van der Waals surface area contributed by atoms with Crippen molar-refractivity contribution in [1.82, 2.24) is 19.3 Å². The fourth-order valence-corrected chi connectivity index (χ4v) is 8.11. The summed E-state index contributed by atoms with van der Waals surface area (Å²) in [6.45, 7) is 2.50. The first kappa shape index (κ1) is 23.0. The standard InChI is InChI=1S/C23H32N4O4S2/c1-15-20(13-19(32-15)21-24-22(31-25-21)16-10-11-16)33(29,30)27-12-6-7-17(14-27)23(28)26(2)18-8-4-3-5-9-18/h13,16-18H,3-12,14H2,1-2H3/t17-/m0/s1. The van der Waals surface area contributed by atoms with Crippen molar-refractivity contribution >= 4 is 27.3 Å². The van der Waals surface area contributed by atoms with E-state index in [-0.39, 0.29) is 29.3 Å². The van der Waals surface area contributed by atoms with Gasteiger partial charge in [-0.15, -0.1) is 11.3 Å². The monoisotopic (exact) mass is 492 g/mol. The van der Waals surface area contributed by atoms with Crippen molar-refractivity contribution in [2.75, 3.05) is 20.1 Å². The molecule has 180 valence electrons. The molecule has 0 unspecified atom stereocenters. The summed E-state index contributed by atoms with van der Waals surface area (Å²) in [6.07, 6.45) is 9.22. The average molecular weight is 493 g/mol. The summed E-state index contributed by atoms with van der Waals surface area (Å²) in [5, 5.41) is 4.06. The number of nitrogens with zero attached hydrogens (tertiary/aromatic N) is 4. The Morgan fingerprint density at radius 1 is 1.15 bits per heavy atom. The van der Waals surface area contributed by atoms with Gasteiger partial charge in [0.2, 0.25) is 27.6 Å². The highest BCUT2D eigenvalue weighted by Crippen LogP contribution is 2.41. The lowest BCUT2D eigenvalue weighted by atomic mass is 9.92. The van der Waals surface area contributed by atoms with Gasteiger partial charge < -0.3 is 9.42 Å². The molecule has 1 saturated heterocycles. The molecule has 33 heavy (non-hydrogen) atoms. The van der Waals surface area contributed by atoms with Gasteiger partial charge in [-0.2, -0.15) is 9.29 Å². The number of carbonyl (C=O) groups is 1. The zero-order chi connectivity index (χ0) is 23.2. The Labute approximate surface area is 199 Å². The predicted molar refractivity (Wildman–Crippen MR) is 125 cm³/mol. The van der Waals surface area contributed by atoms with Crippen molar-refractivity contribution in [3.8, 4) is 10.7 Å². The van der Waals surface area contributed by atoms with Crippen LogP contribution in [0.3, 0.4) is 0 Å². The van der Waals surface area contributed by atoms with E-state index in [9.17, 15) is 13.2 Å². The molecule has 2 aromatic heterocycles. The minimum atomic E-state index is -3.71. The van der Waals surface area contributed by atoms with Gasteiger partial charge in [-0.25, -0.2) is 8.42 Å². The van der Waals surface area contributed by atoms with Crippen LogP contribution in [0.2, 0.25) is 0 Å². The molecule has 0 N–H and O–H groups in total. The molecule has 0 spiro atoms. The molecule has 2 aliphatic carbocycles. The van der Waals surface area contributed by atoms with Gasteiger partial charge in [-0.05, 0) is 51.5 Å². The number of aromatic nitrogens is 2. The number of sulfonamides is 1. The summed E-state index contributed by atoms with van der Waals surface area (Å²) in [4.78, 5) is 21.2. The minimum absolute atomic E-state index is 0.0870. The Balaban J connectivity index is 1.31. The maximum Gasteiger partial charge on any atom is 0.244 e. The van der Waals surface area contributed by atoms with E-state index < -0.39 is 10.0 Å². The first-order valence-corrected chi connectivity index (χ1v) is 14.3. The highest BCUT2D eigenvalue weighted by Gasteiger charge is 2.37. The fourth-order valence-electron chi connectivity index (χ4n) is 5.10. The van der Waals surface area contributed by atoms with E-state index in [0.29, 0.717) is 40.4 Å². The molecule has 8 nitrogen and oxygen atoms in total. The number of rotatable bonds is 6. The molecule has 0 bridgehead atoms.